The quantitative estimate of drug-likeness (QED) is 0.560. The van der Waals surface area contributed by atoms with E-state index >= 15 is 0 Å². The lowest BCUT2D eigenvalue weighted by Gasteiger charge is -2.34. The molecular formula is C19H23BrN4O4S. The fourth-order valence-electron chi connectivity index (χ4n) is 3.41. The van der Waals surface area contributed by atoms with Gasteiger partial charge in [0.15, 0.2) is 0 Å². The van der Waals surface area contributed by atoms with E-state index < -0.39 is 5.92 Å². The molecule has 156 valence electrons. The third-order valence-corrected chi connectivity index (χ3v) is 5.82. The van der Waals surface area contributed by atoms with Gasteiger partial charge in [0, 0.05) is 43.6 Å². The molecule has 0 radical (unpaired) electrons. The lowest BCUT2D eigenvalue weighted by Crippen LogP contribution is -2.51. The molecule has 1 unspecified atom stereocenters. The highest BCUT2D eigenvalue weighted by Crippen LogP contribution is 2.25. The van der Waals surface area contributed by atoms with Crippen molar-refractivity contribution in [1.82, 2.24) is 14.7 Å². The van der Waals surface area contributed by atoms with E-state index in [1.165, 1.54) is 4.90 Å². The Morgan fingerprint density at radius 3 is 2.62 bits per heavy atom. The van der Waals surface area contributed by atoms with Gasteiger partial charge in [-0.3, -0.25) is 14.5 Å². The van der Waals surface area contributed by atoms with E-state index in [-0.39, 0.29) is 23.0 Å². The minimum Gasteiger partial charge on any atom is -0.450 e. The predicted molar refractivity (Wildman–Crippen MR) is 116 cm³/mol. The van der Waals surface area contributed by atoms with Gasteiger partial charge in [0.2, 0.25) is 16.9 Å². The van der Waals surface area contributed by atoms with Crippen LogP contribution >= 0.6 is 28.1 Å². The summed E-state index contributed by atoms with van der Waals surface area (Å²) >= 11 is 8.66. The standard InChI is InChI=1S/C19H23BrN4O4S/c1-2-28-19(27)23-10-8-22(9-11-23)16(25)4-3-7-24-17(26)14-12-13(20)5-6-15(14)21-18(24)29/h5-6,12,14H,2-4,7-11H2,1H3. The number of carbonyl (C=O) groups excluding carboxylic acids is 3. The first-order valence-corrected chi connectivity index (χ1v) is 10.8. The molecule has 2 heterocycles. The van der Waals surface area contributed by atoms with Crippen molar-refractivity contribution in [2.75, 3.05) is 39.3 Å². The first-order chi connectivity index (χ1) is 13.9. The molecule has 0 aromatic carbocycles. The highest BCUT2D eigenvalue weighted by atomic mass is 79.9. The molecule has 0 aromatic heterocycles. The summed E-state index contributed by atoms with van der Waals surface area (Å²) in [5.41, 5.74) is 0.648. The van der Waals surface area contributed by atoms with Crippen LogP contribution in [0.2, 0.25) is 0 Å². The molecule has 0 saturated carbocycles. The van der Waals surface area contributed by atoms with Gasteiger partial charge in [-0.25, -0.2) is 9.79 Å². The number of amides is 3. The fraction of sp³-hybridized carbons (Fsp3) is 0.526. The van der Waals surface area contributed by atoms with Crippen LogP contribution in [0.15, 0.2) is 27.7 Å². The average molecular weight is 483 g/mol. The number of halogens is 1. The van der Waals surface area contributed by atoms with Crippen molar-refractivity contribution in [3.05, 3.63) is 22.7 Å². The van der Waals surface area contributed by atoms with Gasteiger partial charge in [-0.2, -0.15) is 0 Å². The van der Waals surface area contributed by atoms with Crippen LogP contribution in [0, 0.1) is 5.92 Å². The lowest BCUT2D eigenvalue weighted by molar-refractivity contribution is -0.133. The van der Waals surface area contributed by atoms with E-state index in [4.69, 9.17) is 17.0 Å². The molecular weight excluding hydrogens is 460 g/mol. The van der Waals surface area contributed by atoms with Crippen molar-refractivity contribution < 1.29 is 19.1 Å². The number of allylic oxidation sites excluding steroid dienone is 3. The van der Waals surface area contributed by atoms with Gasteiger partial charge in [0.1, 0.15) is 5.92 Å². The second-order valence-electron chi connectivity index (χ2n) is 6.84. The Labute approximate surface area is 183 Å². The van der Waals surface area contributed by atoms with Crippen molar-refractivity contribution in [1.29, 1.82) is 0 Å². The maximum atomic E-state index is 12.8. The molecule has 3 aliphatic rings. The van der Waals surface area contributed by atoms with E-state index in [0.29, 0.717) is 57.9 Å². The molecule has 0 spiro atoms. The molecule has 1 fully saturated rings. The molecule has 2 aliphatic heterocycles. The molecule has 0 aromatic rings. The van der Waals surface area contributed by atoms with Crippen LogP contribution in [0.5, 0.6) is 0 Å². The summed E-state index contributed by atoms with van der Waals surface area (Å²) in [6.45, 7) is 4.36. The predicted octanol–water partition coefficient (Wildman–Crippen LogP) is 2.10. The van der Waals surface area contributed by atoms with Crippen LogP contribution in [0.3, 0.4) is 0 Å². The molecule has 1 aliphatic carbocycles. The van der Waals surface area contributed by atoms with E-state index in [9.17, 15) is 14.4 Å². The summed E-state index contributed by atoms with van der Waals surface area (Å²) < 4.78 is 5.82. The summed E-state index contributed by atoms with van der Waals surface area (Å²) in [6.07, 6.45) is 5.91. The molecule has 1 saturated heterocycles. The Morgan fingerprint density at radius 1 is 1.24 bits per heavy atom. The van der Waals surface area contributed by atoms with Crippen molar-refractivity contribution in [2.24, 2.45) is 10.9 Å². The number of rotatable bonds is 5. The largest absolute Gasteiger partial charge is 0.450 e. The zero-order valence-corrected chi connectivity index (χ0v) is 18.6. The van der Waals surface area contributed by atoms with Gasteiger partial charge in [-0.15, -0.1) is 0 Å². The van der Waals surface area contributed by atoms with Gasteiger partial charge in [-0.1, -0.05) is 22.0 Å². The van der Waals surface area contributed by atoms with E-state index in [0.717, 1.165) is 4.48 Å². The van der Waals surface area contributed by atoms with Crippen molar-refractivity contribution >= 4 is 56.9 Å². The Kier molecular flexibility index (Phi) is 7.18. The van der Waals surface area contributed by atoms with Crippen LogP contribution in [-0.2, 0) is 14.3 Å². The number of fused-ring (bicyclic) bond motifs is 1. The first-order valence-electron chi connectivity index (χ1n) is 9.59. The highest BCUT2D eigenvalue weighted by molar-refractivity contribution is 9.11. The molecule has 1 atom stereocenters. The van der Waals surface area contributed by atoms with E-state index in [1.54, 1.807) is 22.8 Å². The number of ether oxygens (including phenoxy) is 1. The minimum absolute atomic E-state index is 0.0105. The molecule has 3 amide bonds. The maximum absolute atomic E-state index is 12.8. The summed E-state index contributed by atoms with van der Waals surface area (Å²) in [7, 11) is 0. The number of aliphatic imine (C=N–C) groups is 1. The number of thiocarbonyl (C=S) groups is 1. The second-order valence-corrected chi connectivity index (χ2v) is 8.12. The third kappa shape index (κ3) is 5.11. The normalized spacial score (nSPS) is 21.6. The zero-order chi connectivity index (χ0) is 21.0. The van der Waals surface area contributed by atoms with Crippen LogP contribution in [0.4, 0.5) is 4.79 Å². The zero-order valence-electron chi connectivity index (χ0n) is 16.2. The summed E-state index contributed by atoms with van der Waals surface area (Å²) in [5.74, 6) is -0.541. The van der Waals surface area contributed by atoms with Crippen LogP contribution in [-0.4, -0.2) is 82.8 Å². The summed E-state index contributed by atoms with van der Waals surface area (Å²) in [6, 6.07) is 0. The second kappa shape index (κ2) is 9.62. The topological polar surface area (TPSA) is 82.5 Å². The van der Waals surface area contributed by atoms with Gasteiger partial charge >= 0.3 is 6.09 Å². The Balaban J connectivity index is 1.47. The number of piperazine rings is 1. The van der Waals surface area contributed by atoms with Crippen LogP contribution in [0.25, 0.3) is 0 Å². The molecule has 0 bridgehead atoms. The van der Waals surface area contributed by atoms with Gasteiger partial charge < -0.3 is 14.5 Å². The fourth-order valence-corrected chi connectivity index (χ4v) is 4.10. The van der Waals surface area contributed by atoms with Crippen molar-refractivity contribution in [2.45, 2.75) is 19.8 Å². The molecule has 3 rings (SSSR count). The average Bonchev–Trinajstić information content (AvgIpc) is 2.71. The number of carbonyl (C=O) groups is 3. The Morgan fingerprint density at radius 2 is 1.93 bits per heavy atom. The monoisotopic (exact) mass is 482 g/mol. The van der Waals surface area contributed by atoms with Crippen molar-refractivity contribution in [3.63, 3.8) is 0 Å². The number of hydrogen-bond donors (Lipinski definition) is 0. The highest BCUT2D eigenvalue weighted by Gasteiger charge is 2.34. The first kappa shape index (κ1) is 21.6. The number of hydrogen-bond acceptors (Lipinski definition) is 5. The SMILES string of the molecule is CCOC(=O)N1CCN(C(=O)CCCN2C(=O)C3C=C(Br)C=CC3=NC2=S)CC1. The summed E-state index contributed by atoms with van der Waals surface area (Å²) in [4.78, 5) is 46.2. The van der Waals surface area contributed by atoms with Gasteiger partial charge in [0.05, 0.1) is 12.3 Å². The van der Waals surface area contributed by atoms with Crippen LogP contribution in [0.1, 0.15) is 19.8 Å². The van der Waals surface area contributed by atoms with Gasteiger partial charge in [-0.05, 0) is 37.7 Å². The van der Waals surface area contributed by atoms with E-state index in [2.05, 4.69) is 20.9 Å². The Hall–Kier alpha value is -2.07. The number of nitrogens with zero attached hydrogens (tertiary/aromatic N) is 4. The molecule has 29 heavy (non-hydrogen) atoms. The van der Waals surface area contributed by atoms with Crippen LogP contribution < -0.4 is 0 Å². The molecule has 10 heteroatoms. The minimum atomic E-state index is -0.437. The Bertz CT molecular complexity index is 802. The molecule has 0 N–H and O–H groups in total. The summed E-state index contributed by atoms with van der Waals surface area (Å²) in [5, 5.41) is 0.243. The lowest BCUT2D eigenvalue weighted by atomic mass is 9.95. The molecule has 8 nitrogen and oxygen atoms in total. The van der Waals surface area contributed by atoms with Crippen molar-refractivity contribution in [3.8, 4) is 0 Å². The van der Waals surface area contributed by atoms with Gasteiger partial charge in [0.25, 0.3) is 0 Å². The maximum Gasteiger partial charge on any atom is 0.409 e. The smallest absolute Gasteiger partial charge is 0.409 e. The van der Waals surface area contributed by atoms with E-state index in [1.807, 2.05) is 12.2 Å². The third-order valence-electron chi connectivity index (χ3n) is 4.98.